The van der Waals surface area contributed by atoms with Crippen LogP contribution in [-0.4, -0.2) is 38.1 Å². The highest BCUT2D eigenvalue weighted by molar-refractivity contribution is 7.92. The summed E-state index contributed by atoms with van der Waals surface area (Å²) in [5, 5.41) is 4.94. The zero-order chi connectivity index (χ0) is 20.9. The molecule has 2 aromatic rings. The average molecular weight is 429 g/mol. The van der Waals surface area contributed by atoms with Gasteiger partial charge in [0.2, 0.25) is 11.8 Å². The van der Waals surface area contributed by atoms with Crippen molar-refractivity contribution in [3.8, 4) is 5.75 Å². The summed E-state index contributed by atoms with van der Waals surface area (Å²) in [5.74, 6) is -1.45. The molecule has 0 fully saturated rings. The first-order chi connectivity index (χ1) is 13.0. The van der Waals surface area contributed by atoms with E-state index in [0.717, 1.165) is 29.9 Å². The van der Waals surface area contributed by atoms with Gasteiger partial charge in [0.1, 0.15) is 22.2 Å². The molecule has 8 nitrogen and oxygen atoms in total. The molecule has 2 rings (SSSR count). The van der Waals surface area contributed by atoms with Gasteiger partial charge in [0.15, 0.2) is 15.0 Å². The first-order valence-corrected chi connectivity index (χ1v) is 10.9. The highest BCUT2D eigenvalue weighted by Gasteiger charge is 2.17. The fourth-order valence-corrected chi connectivity index (χ4v) is 3.62. The van der Waals surface area contributed by atoms with Gasteiger partial charge < -0.3 is 15.4 Å². The molecule has 0 saturated carbocycles. The van der Waals surface area contributed by atoms with Crippen LogP contribution >= 0.6 is 11.3 Å². The lowest BCUT2D eigenvalue weighted by Crippen LogP contribution is -2.21. The number of rotatable bonds is 8. The molecule has 1 heterocycles. The van der Waals surface area contributed by atoms with Crippen LogP contribution in [-0.2, 0) is 19.4 Å². The number of hydrogen-bond donors (Lipinski definition) is 2. The molecule has 0 bridgehead atoms. The van der Waals surface area contributed by atoms with Crippen LogP contribution in [0.15, 0.2) is 28.6 Å². The van der Waals surface area contributed by atoms with Crippen molar-refractivity contribution in [2.24, 2.45) is 5.92 Å². The Kier molecular flexibility index (Phi) is 7.08. The number of amides is 2. The average Bonchev–Trinajstić information content (AvgIpc) is 3.03. The van der Waals surface area contributed by atoms with E-state index >= 15 is 0 Å². The number of ether oxygens (including phenoxy) is 1. The van der Waals surface area contributed by atoms with Crippen LogP contribution in [0, 0.1) is 11.7 Å². The van der Waals surface area contributed by atoms with E-state index in [4.69, 9.17) is 4.74 Å². The smallest absolute Gasteiger partial charge is 0.235 e. The minimum absolute atomic E-state index is 0.00510. The summed E-state index contributed by atoms with van der Waals surface area (Å²) in [6.07, 6.45) is 1.63. The Morgan fingerprint density at radius 1 is 1.25 bits per heavy atom. The first-order valence-electron chi connectivity index (χ1n) is 8.22. The lowest BCUT2D eigenvalue weighted by atomic mass is 10.2. The summed E-state index contributed by atoms with van der Waals surface area (Å²) in [6, 6.07) is 3.67. The van der Waals surface area contributed by atoms with Crippen LogP contribution in [0.4, 0.5) is 15.2 Å². The minimum Gasteiger partial charge on any atom is -0.491 e. The molecule has 1 aromatic heterocycles. The fraction of sp³-hybridized carbons (Fsp3) is 0.353. The van der Waals surface area contributed by atoms with E-state index in [1.54, 1.807) is 0 Å². The first kappa shape index (κ1) is 21.8. The van der Waals surface area contributed by atoms with Crippen molar-refractivity contribution < 1.29 is 27.1 Å². The molecule has 0 spiro atoms. The predicted octanol–water partition coefficient (Wildman–Crippen LogP) is 2.69. The number of nitrogens with one attached hydrogen (secondary N) is 2. The van der Waals surface area contributed by atoms with E-state index < -0.39 is 33.9 Å². The number of carbonyl (C=O) groups excluding carboxylic acids is 2. The maximum atomic E-state index is 13.4. The monoisotopic (exact) mass is 429 g/mol. The number of hydrogen-bond acceptors (Lipinski definition) is 7. The van der Waals surface area contributed by atoms with Crippen molar-refractivity contribution in [1.82, 2.24) is 4.98 Å². The third-order valence-corrected chi connectivity index (χ3v) is 5.91. The summed E-state index contributed by atoms with van der Waals surface area (Å²) in [7, 11) is -3.42. The largest absolute Gasteiger partial charge is 0.491 e. The maximum absolute atomic E-state index is 13.4. The topological polar surface area (TPSA) is 114 Å². The molecule has 2 N–H and O–H groups in total. The van der Waals surface area contributed by atoms with Gasteiger partial charge in [-0.25, -0.2) is 17.8 Å². The molecule has 152 valence electrons. The maximum Gasteiger partial charge on any atom is 0.235 e. The van der Waals surface area contributed by atoms with Gasteiger partial charge in [-0.1, -0.05) is 25.2 Å². The van der Waals surface area contributed by atoms with Crippen LogP contribution in [0.25, 0.3) is 0 Å². The third kappa shape index (κ3) is 6.57. The van der Waals surface area contributed by atoms with Gasteiger partial charge >= 0.3 is 0 Å². The summed E-state index contributed by atoms with van der Waals surface area (Å²) in [6.45, 7) is 4.19. The molecule has 2 amide bonds. The van der Waals surface area contributed by atoms with Crippen LogP contribution < -0.4 is 15.4 Å². The molecular weight excluding hydrogens is 409 g/mol. The number of nitrogens with zero attached hydrogens (tertiary/aromatic N) is 1. The van der Waals surface area contributed by atoms with Crippen molar-refractivity contribution >= 4 is 43.8 Å². The second-order valence-corrected chi connectivity index (χ2v) is 9.65. The van der Waals surface area contributed by atoms with Crippen molar-refractivity contribution in [3.63, 3.8) is 0 Å². The Hall–Kier alpha value is -2.53. The highest BCUT2D eigenvalue weighted by atomic mass is 32.2. The number of benzene rings is 1. The molecule has 28 heavy (non-hydrogen) atoms. The van der Waals surface area contributed by atoms with E-state index in [1.807, 2.05) is 13.8 Å². The van der Waals surface area contributed by atoms with Gasteiger partial charge in [0, 0.05) is 12.3 Å². The van der Waals surface area contributed by atoms with Crippen LogP contribution in [0.3, 0.4) is 0 Å². The summed E-state index contributed by atoms with van der Waals surface area (Å²) < 4.78 is 41.8. The van der Waals surface area contributed by atoms with Crippen molar-refractivity contribution in [3.05, 3.63) is 30.2 Å². The fourth-order valence-electron chi connectivity index (χ4n) is 1.97. The van der Waals surface area contributed by atoms with Crippen LogP contribution in [0.5, 0.6) is 5.75 Å². The molecule has 0 radical (unpaired) electrons. The highest BCUT2D eigenvalue weighted by Crippen LogP contribution is 2.26. The zero-order valence-corrected chi connectivity index (χ0v) is 17.1. The summed E-state index contributed by atoms with van der Waals surface area (Å²) in [4.78, 5) is 27.9. The Bertz CT molecular complexity index is 973. The molecule has 11 heteroatoms. The van der Waals surface area contributed by atoms with Crippen LogP contribution in [0.2, 0.25) is 0 Å². The number of halogens is 1. The summed E-state index contributed by atoms with van der Waals surface area (Å²) >= 11 is 0.788. The molecular formula is C17H20FN3O5S2. The Labute approximate surface area is 166 Å². The van der Waals surface area contributed by atoms with Crippen molar-refractivity contribution in [2.75, 3.05) is 23.5 Å². The predicted molar refractivity (Wildman–Crippen MR) is 104 cm³/mol. The Morgan fingerprint density at radius 2 is 1.93 bits per heavy atom. The zero-order valence-electron chi connectivity index (χ0n) is 15.5. The van der Waals surface area contributed by atoms with Gasteiger partial charge in [0.25, 0.3) is 0 Å². The number of aromatic nitrogens is 1. The van der Waals surface area contributed by atoms with Crippen molar-refractivity contribution in [1.29, 1.82) is 0 Å². The molecule has 0 aliphatic rings. The van der Waals surface area contributed by atoms with E-state index in [2.05, 4.69) is 15.6 Å². The number of carbonyl (C=O) groups is 2. The molecule has 1 aromatic carbocycles. The lowest BCUT2D eigenvalue weighted by molar-refractivity contribution is -0.123. The molecule has 0 unspecified atom stereocenters. The molecule has 0 atom stereocenters. The molecule has 0 aliphatic carbocycles. The Balaban J connectivity index is 1.98. The molecule has 0 aliphatic heterocycles. The van der Waals surface area contributed by atoms with E-state index in [1.165, 1.54) is 12.1 Å². The van der Waals surface area contributed by atoms with Gasteiger partial charge in [-0.15, -0.1) is 0 Å². The number of thiazole rings is 1. The van der Waals surface area contributed by atoms with Crippen molar-refractivity contribution in [2.45, 2.75) is 24.5 Å². The summed E-state index contributed by atoms with van der Waals surface area (Å²) in [5.41, 5.74) is 0.244. The quantitative estimate of drug-likeness (QED) is 0.624. The minimum atomic E-state index is -3.42. The third-order valence-electron chi connectivity index (χ3n) is 3.21. The Morgan fingerprint density at radius 3 is 2.54 bits per heavy atom. The lowest BCUT2D eigenvalue weighted by Gasteiger charge is -2.14. The second kappa shape index (κ2) is 9.11. The standard InChI is InChI=1S/C17H20FN3O5S2/c1-10(2)9-26-13-6-11(18)4-5-12(13)20-14(22)7-15(23)21-17-19-8-16(27-17)28(3,24)25/h4-6,8,10H,7,9H2,1-3H3,(H,20,22)(H,19,21,23). The number of anilines is 2. The van der Waals surface area contributed by atoms with E-state index in [0.29, 0.717) is 6.61 Å². The van der Waals surface area contributed by atoms with Gasteiger partial charge in [0.05, 0.1) is 18.5 Å². The van der Waals surface area contributed by atoms with Gasteiger partial charge in [-0.2, -0.15) is 0 Å². The number of sulfone groups is 1. The van der Waals surface area contributed by atoms with E-state index in [-0.39, 0.29) is 26.7 Å². The van der Waals surface area contributed by atoms with E-state index in [9.17, 15) is 22.4 Å². The second-order valence-electron chi connectivity index (χ2n) is 6.38. The SMILES string of the molecule is CC(C)COc1cc(F)ccc1NC(=O)CC(=O)Nc1ncc(S(C)(=O)=O)s1. The van der Waals surface area contributed by atoms with Gasteiger partial charge in [-0.3, -0.25) is 9.59 Å². The molecule has 0 saturated heterocycles. The van der Waals surface area contributed by atoms with Gasteiger partial charge in [-0.05, 0) is 18.1 Å². The van der Waals surface area contributed by atoms with Crippen LogP contribution in [0.1, 0.15) is 20.3 Å². The normalized spacial score (nSPS) is 11.3.